The number of nitrogens with zero attached hydrogens (tertiary/aromatic N) is 2. The van der Waals surface area contributed by atoms with E-state index in [0.717, 1.165) is 27.3 Å². The zero-order chi connectivity index (χ0) is 21.7. The summed E-state index contributed by atoms with van der Waals surface area (Å²) in [5.41, 5.74) is 3.37. The van der Waals surface area contributed by atoms with Gasteiger partial charge in [-0.3, -0.25) is 19.3 Å². The molecule has 5 amide bonds. The van der Waals surface area contributed by atoms with Crippen LogP contribution in [-0.4, -0.2) is 59.8 Å². The van der Waals surface area contributed by atoms with E-state index in [2.05, 4.69) is 11.4 Å². The molecule has 0 spiro atoms. The highest BCUT2D eigenvalue weighted by Crippen LogP contribution is 2.23. The average molecular weight is 403 g/mol. The number of carbonyl (C=O) groups is 4. The molecule has 1 saturated heterocycles. The largest absolute Gasteiger partial charge is 0.493 e. The summed E-state index contributed by atoms with van der Waals surface area (Å²) in [4.78, 5) is 49.8. The number of carbonyl (C=O) groups excluding carboxylic acids is 4. The number of urea groups is 1. The lowest BCUT2D eigenvalue weighted by atomic mass is 10.1. The predicted octanol–water partition coefficient (Wildman–Crippen LogP) is 1.94. The normalized spacial score (nSPS) is 14.2. The Bertz CT molecular complexity index is 819. The van der Waals surface area contributed by atoms with Gasteiger partial charge >= 0.3 is 17.8 Å². The van der Waals surface area contributed by atoms with E-state index >= 15 is 0 Å². The molecule has 1 aromatic rings. The Balaban J connectivity index is 1.77. The minimum Gasteiger partial charge on any atom is -0.493 e. The Morgan fingerprint density at radius 1 is 1.07 bits per heavy atom. The molecule has 1 heterocycles. The van der Waals surface area contributed by atoms with Crippen molar-refractivity contribution in [3.8, 4) is 5.75 Å². The molecule has 8 nitrogen and oxygen atoms in total. The highest BCUT2D eigenvalue weighted by molar-refractivity contribution is 6.45. The molecule has 1 fully saturated rings. The first-order chi connectivity index (χ1) is 13.6. The van der Waals surface area contributed by atoms with Crippen LogP contribution in [0.1, 0.15) is 37.0 Å². The number of amides is 5. The third-order valence-corrected chi connectivity index (χ3v) is 4.65. The Morgan fingerprint density at radius 2 is 1.72 bits per heavy atom. The summed E-state index contributed by atoms with van der Waals surface area (Å²) >= 11 is 0. The van der Waals surface area contributed by atoms with Crippen molar-refractivity contribution in [3.63, 3.8) is 0 Å². The van der Waals surface area contributed by atoms with Crippen molar-refractivity contribution in [1.82, 2.24) is 15.1 Å². The molecule has 1 aliphatic rings. The molecular formula is C21H29N3O5. The number of hydrogen-bond donors (Lipinski definition) is 1. The van der Waals surface area contributed by atoms with Gasteiger partial charge in [0.15, 0.2) is 0 Å². The Hall–Kier alpha value is -2.90. The minimum absolute atomic E-state index is 0.0327. The molecule has 0 radical (unpaired) electrons. The molecule has 1 N–H and O–H groups in total. The molecule has 0 atom stereocenters. The molecule has 0 aliphatic carbocycles. The first-order valence-electron chi connectivity index (χ1n) is 9.76. The molecule has 158 valence electrons. The number of nitrogens with one attached hydrogen (secondary N) is 1. The summed E-state index contributed by atoms with van der Waals surface area (Å²) in [6, 6.07) is 3.33. The summed E-state index contributed by atoms with van der Waals surface area (Å²) in [6.07, 6.45) is 0.568. The second kappa shape index (κ2) is 9.54. The van der Waals surface area contributed by atoms with Gasteiger partial charge in [-0.1, -0.05) is 19.9 Å². The van der Waals surface area contributed by atoms with Gasteiger partial charge in [-0.15, -0.1) is 0 Å². The van der Waals surface area contributed by atoms with Crippen molar-refractivity contribution in [2.24, 2.45) is 5.92 Å². The maximum absolute atomic E-state index is 12.2. The van der Waals surface area contributed by atoms with E-state index in [1.807, 2.05) is 40.7 Å². The summed E-state index contributed by atoms with van der Waals surface area (Å²) in [5.74, 6) is -1.47. The fourth-order valence-electron chi connectivity index (χ4n) is 3.05. The van der Waals surface area contributed by atoms with E-state index in [0.29, 0.717) is 24.5 Å². The van der Waals surface area contributed by atoms with Gasteiger partial charge in [0, 0.05) is 13.1 Å². The number of hydrogen-bond acceptors (Lipinski definition) is 5. The van der Waals surface area contributed by atoms with Gasteiger partial charge in [0.25, 0.3) is 0 Å². The highest BCUT2D eigenvalue weighted by atomic mass is 16.5. The van der Waals surface area contributed by atoms with E-state index < -0.39 is 30.3 Å². The Morgan fingerprint density at radius 3 is 2.38 bits per heavy atom. The topological polar surface area (TPSA) is 96.0 Å². The van der Waals surface area contributed by atoms with Crippen molar-refractivity contribution in [2.75, 3.05) is 26.2 Å². The SMILES string of the molecule is Cc1cc(C)c(C)c(OCCCNC(=O)CN2C(=O)C(=O)N(CC(C)C)C2=O)c1. The van der Waals surface area contributed by atoms with Gasteiger partial charge < -0.3 is 10.1 Å². The second-order valence-corrected chi connectivity index (χ2v) is 7.74. The first kappa shape index (κ1) is 22.4. The molecule has 0 unspecified atom stereocenters. The molecule has 1 aromatic carbocycles. The van der Waals surface area contributed by atoms with Crippen LogP contribution in [0.25, 0.3) is 0 Å². The Kier molecular flexibility index (Phi) is 7.36. The standard InChI is InChI=1S/C21H29N3O5/c1-13(2)11-23-19(26)20(27)24(21(23)28)12-18(25)22-7-6-8-29-17-10-14(3)9-15(4)16(17)5/h9-10,13H,6-8,11-12H2,1-5H3,(H,22,25). The van der Waals surface area contributed by atoms with E-state index in [1.54, 1.807) is 0 Å². The lowest BCUT2D eigenvalue weighted by Gasteiger charge is -2.17. The number of aryl methyl sites for hydroxylation is 2. The van der Waals surface area contributed by atoms with Crippen molar-refractivity contribution in [2.45, 2.75) is 41.0 Å². The first-order valence-corrected chi connectivity index (χ1v) is 9.76. The van der Waals surface area contributed by atoms with Crippen LogP contribution >= 0.6 is 0 Å². The number of rotatable bonds is 9. The average Bonchev–Trinajstić information content (AvgIpc) is 2.83. The number of ether oxygens (including phenoxy) is 1. The predicted molar refractivity (Wildman–Crippen MR) is 107 cm³/mol. The summed E-state index contributed by atoms with van der Waals surface area (Å²) in [7, 11) is 0. The van der Waals surface area contributed by atoms with Gasteiger partial charge in [0.05, 0.1) is 6.61 Å². The quantitative estimate of drug-likeness (QED) is 0.386. The summed E-state index contributed by atoms with van der Waals surface area (Å²) < 4.78 is 5.79. The van der Waals surface area contributed by atoms with Crippen LogP contribution in [0.2, 0.25) is 0 Å². The summed E-state index contributed by atoms with van der Waals surface area (Å²) in [5, 5.41) is 2.65. The van der Waals surface area contributed by atoms with Crippen LogP contribution in [0.15, 0.2) is 12.1 Å². The maximum Gasteiger partial charge on any atom is 0.334 e. The Labute approximate surface area is 171 Å². The monoisotopic (exact) mass is 403 g/mol. The van der Waals surface area contributed by atoms with E-state index in [-0.39, 0.29) is 12.5 Å². The van der Waals surface area contributed by atoms with Crippen molar-refractivity contribution >= 4 is 23.8 Å². The van der Waals surface area contributed by atoms with Gasteiger partial charge in [-0.05, 0) is 55.9 Å². The van der Waals surface area contributed by atoms with Crippen molar-refractivity contribution < 1.29 is 23.9 Å². The molecule has 1 aliphatic heterocycles. The molecular weight excluding hydrogens is 374 g/mol. The lowest BCUT2D eigenvalue weighted by Crippen LogP contribution is -2.42. The van der Waals surface area contributed by atoms with Gasteiger partial charge in [-0.25, -0.2) is 9.69 Å². The van der Waals surface area contributed by atoms with Crippen LogP contribution in [0.4, 0.5) is 4.79 Å². The van der Waals surface area contributed by atoms with Crippen molar-refractivity contribution in [1.29, 1.82) is 0 Å². The lowest BCUT2D eigenvalue weighted by molar-refractivity contribution is -0.144. The van der Waals surface area contributed by atoms with Crippen LogP contribution in [0, 0.1) is 26.7 Å². The molecule has 0 bridgehead atoms. The third-order valence-electron chi connectivity index (χ3n) is 4.65. The molecule has 8 heteroatoms. The summed E-state index contributed by atoms with van der Waals surface area (Å²) in [6.45, 7) is 10.2. The number of benzene rings is 1. The zero-order valence-electron chi connectivity index (χ0n) is 17.7. The molecule has 29 heavy (non-hydrogen) atoms. The van der Waals surface area contributed by atoms with Gasteiger partial charge in [0.1, 0.15) is 12.3 Å². The molecule has 0 saturated carbocycles. The van der Waals surface area contributed by atoms with E-state index in [4.69, 9.17) is 4.74 Å². The zero-order valence-corrected chi connectivity index (χ0v) is 17.7. The van der Waals surface area contributed by atoms with Crippen LogP contribution in [0.3, 0.4) is 0 Å². The second-order valence-electron chi connectivity index (χ2n) is 7.74. The van der Waals surface area contributed by atoms with Gasteiger partial charge in [-0.2, -0.15) is 0 Å². The van der Waals surface area contributed by atoms with Crippen molar-refractivity contribution in [3.05, 3.63) is 28.8 Å². The molecule has 0 aromatic heterocycles. The third kappa shape index (κ3) is 5.56. The molecule has 2 rings (SSSR count). The van der Waals surface area contributed by atoms with Crippen LogP contribution < -0.4 is 10.1 Å². The highest BCUT2D eigenvalue weighted by Gasteiger charge is 2.45. The smallest absolute Gasteiger partial charge is 0.334 e. The van der Waals surface area contributed by atoms with Crippen LogP contribution in [0.5, 0.6) is 5.75 Å². The van der Waals surface area contributed by atoms with E-state index in [1.165, 1.54) is 0 Å². The fraction of sp³-hybridized carbons (Fsp3) is 0.524. The maximum atomic E-state index is 12.2. The van der Waals surface area contributed by atoms with Gasteiger partial charge in [0.2, 0.25) is 5.91 Å². The number of imide groups is 2. The minimum atomic E-state index is -0.959. The fourth-order valence-corrected chi connectivity index (χ4v) is 3.05. The van der Waals surface area contributed by atoms with Crippen LogP contribution in [-0.2, 0) is 14.4 Å². The van der Waals surface area contributed by atoms with E-state index in [9.17, 15) is 19.2 Å².